The molecule has 4 heterocycles. The average Bonchev–Trinajstić information content (AvgIpc) is 3.06. The first-order valence-corrected chi connectivity index (χ1v) is 15.7. The maximum Gasteiger partial charge on any atom is 0.410 e. The van der Waals surface area contributed by atoms with Gasteiger partial charge in [0.2, 0.25) is 0 Å². The summed E-state index contributed by atoms with van der Waals surface area (Å²) in [7, 11) is -2.83. The molecule has 9 nitrogen and oxygen atoms in total. The van der Waals surface area contributed by atoms with E-state index >= 15 is 0 Å². The zero-order chi connectivity index (χ0) is 26.8. The molecule has 1 aliphatic carbocycles. The molecule has 10 heteroatoms. The minimum Gasteiger partial charge on any atom is -0.444 e. The number of carbonyl (C=O) groups excluding carboxylic acids is 1. The highest BCUT2D eigenvalue weighted by molar-refractivity contribution is 7.91. The Labute approximate surface area is 222 Å². The van der Waals surface area contributed by atoms with Crippen molar-refractivity contribution in [3.05, 3.63) is 11.8 Å². The third kappa shape index (κ3) is 5.65. The Morgan fingerprint density at radius 1 is 1.11 bits per heavy atom. The number of piperidine rings is 1. The Morgan fingerprint density at radius 2 is 1.76 bits per heavy atom. The van der Waals surface area contributed by atoms with Crippen molar-refractivity contribution >= 4 is 21.7 Å². The van der Waals surface area contributed by atoms with E-state index in [1.807, 2.05) is 25.7 Å². The Morgan fingerprint density at radius 3 is 2.35 bits per heavy atom. The van der Waals surface area contributed by atoms with Gasteiger partial charge in [-0.25, -0.2) is 13.2 Å². The van der Waals surface area contributed by atoms with Crippen LogP contribution in [0.5, 0.6) is 0 Å². The first-order chi connectivity index (χ1) is 17.1. The number of hydrogen-bond acceptors (Lipinski definition) is 7. The van der Waals surface area contributed by atoms with Gasteiger partial charge in [0.1, 0.15) is 5.60 Å². The van der Waals surface area contributed by atoms with E-state index in [1.54, 1.807) is 0 Å². The number of hydrogen-bond donors (Lipinski definition) is 0. The van der Waals surface area contributed by atoms with Crippen LogP contribution in [0.1, 0.15) is 72.0 Å². The molecule has 0 N–H and O–H groups in total. The lowest BCUT2D eigenvalue weighted by Crippen LogP contribution is -2.64. The summed E-state index contributed by atoms with van der Waals surface area (Å²) in [5.74, 6) is 2.24. The van der Waals surface area contributed by atoms with E-state index in [4.69, 9.17) is 9.84 Å². The number of rotatable bonds is 4. The largest absolute Gasteiger partial charge is 0.444 e. The molecule has 4 aliphatic rings. The van der Waals surface area contributed by atoms with Crippen LogP contribution in [-0.4, -0.2) is 96.0 Å². The molecule has 1 atom stereocenters. The van der Waals surface area contributed by atoms with Crippen LogP contribution in [0, 0.1) is 18.3 Å². The summed E-state index contributed by atoms with van der Waals surface area (Å²) in [5, 5.41) is 5.09. The quantitative estimate of drug-likeness (QED) is 0.583. The number of nitrogens with zero attached hydrogens (tertiary/aromatic N) is 5. The molecular formula is C27H45N5O4S. The van der Waals surface area contributed by atoms with Gasteiger partial charge in [-0.1, -0.05) is 0 Å². The van der Waals surface area contributed by atoms with E-state index in [0.29, 0.717) is 36.6 Å². The highest BCUT2D eigenvalue weighted by Crippen LogP contribution is 2.54. The van der Waals surface area contributed by atoms with Crippen molar-refractivity contribution in [1.29, 1.82) is 0 Å². The number of amides is 1. The van der Waals surface area contributed by atoms with Gasteiger partial charge >= 0.3 is 6.09 Å². The van der Waals surface area contributed by atoms with Crippen molar-refractivity contribution in [1.82, 2.24) is 19.6 Å². The summed E-state index contributed by atoms with van der Waals surface area (Å²) < 4.78 is 31.3. The van der Waals surface area contributed by atoms with E-state index in [2.05, 4.69) is 41.3 Å². The van der Waals surface area contributed by atoms with E-state index in [0.717, 1.165) is 57.7 Å². The third-order valence-corrected chi connectivity index (χ3v) is 10.4. The molecule has 1 spiro atoms. The number of likely N-dealkylation sites (tertiary alicyclic amines) is 1. The third-order valence-electron chi connectivity index (χ3n) is 8.81. The van der Waals surface area contributed by atoms with Gasteiger partial charge in [-0.15, -0.1) is 0 Å². The fraction of sp³-hybridized carbons (Fsp3) is 0.852. The minimum atomic E-state index is -2.83. The molecule has 5 rings (SSSR count). The van der Waals surface area contributed by atoms with Gasteiger partial charge in [0.25, 0.3) is 0 Å². The maximum absolute atomic E-state index is 12.3. The molecule has 3 aliphatic heterocycles. The van der Waals surface area contributed by atoms with E-state index in [9.17, 15) is 13.2 Å². The lowest BCUT2D eigenvalue weighted by Gasteiger charge is -2.58. The SMILES string of the molecule is Cc1cc(N2CCC(CN3CCS(=O)(=O)CC3)CC2(C)C)nn1C1CC2(C1)CN(C(=O)OC(C)(C)C)C2. The molecule has 1 aromatic heterocycles. The smallest absolute Gasteiger partial charge is 0.410 e. The van der Waals surface area contributed by atoms with Gasteiger partial charge in [-0.05, 0) is 73.1 Å². The van der Waals surface area contributed by atoms with Crippen molar-refractivity contribution in [3.8, 4) is 0 Å². The summed E-state index contributed by atoms with van der Waals surface area (Å²) >= 11 is 0. The highest BCUT2D eigenvalue weighted by atomic mass is 32.2. The molecule has 1 aromatic rings. The summed E-state index contributed by atoms with van der Waals surface area (Å²) in [4.78, 5) is 19.0. The van der Waals surface area contributed by atoms with E-state index < -0.39 is 15.4 Å². The molecule has 1 saturated carbocycles. The van der Waals surface area contributed by atoms with Gasteiger partial charge in [0, 0.05) is 62.0 Å². The average molecular weight is 536 g/mol. The molecule has 37 heavy (non-hydrogen) atoms. The van der Waals surface area contributed by atoms with Crippen LogP contribution in [0.25, 0.3) is 0 Å². The molecule has 4 fully saturated rings. The molecular weight excluding hydrogens is 490 g/mol. The zero-order valence-electron chi connectivity index (χ0n) is 23.5. The number of anilines is 1. The summed E-state index contributed by atoms with van der Waals surface area (Å²) in [6.45, 7) is 17.4. The molecule has 3 saturated heterocycles. The van der Waals surface area contributed by atoms with Crippen LogP contribution in [-0.2, 0) is 14.6 Å². The Balaban J connectivity index is 1.14. The van der Waals surface area contributed by atoms with E-state index in [-0.39, 0.29) is 17.0 Å². The lowest BCUT2D eigenvalue weighted by molar-refractivity contribution is -0.0930. The monoisotopic (exact) mass is 535 g/mol. The predicted molar refractivity (Wildman–Crippen MR) is 145 cm³/mol. The fourth-order valence-corrected chi connectivity index (χ4v) is 8.25. The highest BCUT2D eigenvalue weighted by Gasteiger charge is 2.55. The van der Waals surface area contributed by atoms with Crippen LogP contribution in [0.15, 0.2) is 6.07 Å². The van der Waals surface area contributed by atoms with Crippen molar-refractivity contribution in [2.24, 2.45) is 11.3 Å². The van der Waals surface area contributed by atoms with Gasteiger partial charge in [-0.2, -0.15) is 5.10 Å². The second-order valence-electron chi connectivity index (χ2n) is 13.8. The molecule has 1 amide bonds. The molecule has 0 bridgehead atoms. The van der Waals surface area contributed by atoms with Crippen LogP contribution < -0.4 is 4.90 Å². The maximum atomic E-state index is 12.3. The summed E-state index contributed by atoms with van der Waals surface area (Å²) in [5.41, 5.74) is 0.972. The fourth-order valence-electron chi connectivity index (χ4n) is 6.97. The summed E-state index contributed by atoms with van der Waals surface area (Å²) in [6, 6.07) is 2.63. The standard InChI is InChI=1S/C27H45N5O4S/c1-20-13-23(28-32(20)22-15-27(16-22)18-30(19-27)24(33)36-25(2,3)4)31-8-7-21(14-26(31,5)6)17-29-9-11-37(34,35)12-10-29/h13,21-22H,7-12,14-19H2,1-6H3. The minimum absolute atomic E-state index is 0.000864. The number of ether oxygens (including phenoxy) is 1. The molecule has 0 radical (unpaired) electrons. The Hall–Kier alpha value is -1.81. The van der Waals surface area contributed by atoms with Crippen molar-refractivity contribution in [3.63, 3.8) is 0 Å². The second kappa shape index (κ2) is 9.14. The van der Waals surface area contributed by atoms with Crippen molar-refractivity contribution in [2.45, 2.75) is 84.4 Å². The van der Waals surface area contributed by atoms with Gasteiger partial charge in [0.05, 0.1) is 17.5 Å². The Kier molecular flexibility index (Phi) is 6.62. The van der Waals surface area contributed by atoms with Crippen molar-refractivity contribution in [2.75, 3.05) is 55.7 Å². The number of aryl methyl sites for hydroxylation is 1. The van der Waals surface area contributed by atoms with E-state index in [1.165, 1.54) is 5.69 Å². The topological polar surface area (TPSA) is 88.0 Å². The number of sulfone groups is 1. The first kappa shape index (κ1) is 26.8. The summed E-state index contributed by atoms with van der Waals surface area (Å²) in [6.07, 6.45) is 4.10. The van der Waals surface area contributed by atoms with Crippen LogP contribution in [0.2, 0.25) is 0 Å². The first-order valence-electron chi connectivity index (χ1n) is 13.9. The van der Waals surface area contributed by atoms with Crippen LogP contribution in [0.4, 0.5) is 10.6 Å². The van der Waals surface area contributed by atoms with Gasteiger partial charge in [0.15, 0.2) is 15.7 Å². The normalized spacial score (nSPS) is 27.6. The lowest BCUT2D eigenvalue weighted by atomic mass is 9.61. The molecule has 208 valence electrons. The van der Waals surface area contributed by atoms with Gasteiger partial charge in [-0.3, -0.25) is 4.68 Å². The molecule has 0 aromatic carbocycles. The number of aromatic nitrogens is 2. The molecule has 1 unspecified atom stereocenters. The zero-order valence-corrected chi connectivity index (χ0v) is 24.3. The predicted octanol–water partition coefficient (Wildman–Crippen LogP) is 3.49. The van der Waals surface area contributed by atoms with Crippen molar-refractivity contribution < 1.29 is 17.9 Å². The Bertz CT molecular complexity index is 1110. The van der Waals surface area contributed by atoms with Crippen LogP contribution in [0.3, 0.4) is 0 Å². The number of carbonyl (C=O) groups is 1. The van der Waals surface area contributed by atoms with Gasteiger partial charge < -0.3 is 19.4 Å². The van der Waals surface area contributed by atoms with Crippen LogP contribution >= 0.6 is 0 Å². The second-order valence-corrected chi connectivity index (χ2v) is 16.1.